The molecule has 0 bridgehead atoms. The zero-order valence-corrected chi connectivity index (χ0v) is 16.0. The largest absolute Gasteiger partial charge is 0.438 e. The Morgan fingerprint density at radius 2 is 2.08 bits per heavy atom. The normalized spacial score (nSPS) is 12.1. The van der Waals surface area contributed by atoms with Gasteiger partial charge in [0.15, 0.2) is 6.23 Å². The number of aromatic nitrogens is 3. The molecule has 0 saturated heterocycles. The molecule has 1 unspecified atom stereocenters. The van der Waals surface area contributed by atoms with Crippen LogP contribution >= 0.6 is 11.3 Å². The minimum Gasteiger partial charge on any atom is -0.438 e. The molecular weight excluding hydrogens is 348 g/mol. The Bertz CT molecular complexity index is 909. The van der Waals surface area contributed by atoms with Gasteiger partial charge in [0.25, 0.3) is 0 Å². The summed E-state index contributed by atoms with van der Waals surface area (Å²) in [7, 11) is 0. The summed E-state index contributed by atoms with van der Waals surface area (Å²) in [6.45, 7) is 5.93. The summed E-state index contributed by atoms with van der Waals surface area (Å²) >= 11 is 1.49. The Morgan fingerprint density at radius 1 is 1.27 bits per heavy atom. The molecule has 0 spiro atoms. The van der Waals surface area contributed by atoms with Crippen molar-refractivity contribution in [2.24, 2.45) is 0 Å². The van der Waals surface area contributed by atoms with Gasteiger partial charge < -0.3 is 10.1 Å². The Kier molecular flexibility index (Phi) is 5.78. The van der Waals surface area contributed by atoms with Crippen LogP contribution in [0.5, 0.6) is 0 Å². The highest BCUT2D eigenvalue weighted by Crippen LogP contribution is 2.22. The summed E-state index contributed by atoms with van der Waals surface area (Å²) in [5, 5.41) is 13.9. The van der Waals surface area contributed by atoms with Crippen LogP contribution in [0.25, 0.3) is 10.9 Å². The van der Waals surface area contributed by atoms with Crippen LogP contribution in [0.1, 0.15) is 47.7 Å². The van der Waals surface area contributed by atoms with Crippen LogP contribution in [0.4, 0.5) is 5.13 Å². The number of fused-ring (bicyclic) bond motifs is 1. The van der Waals surface area contributed by atoms with Gasteiger partial charge in [0, 0.05) is 23.9 Å². The van der Waals surface area contributed by atoms with Crippen molar-refractivity contribution < 1.29 is 9.53 Å². The molecule has 0 amide bonds. The van der Waals surface area contributed by atoms with E-state index in [4.69, 9.17) is 4.74 Å². The maximum absolute atomic E-state index is 12.8. The van der Waals surface area contributed by atoms with Crippen molar-refractivity contribution in [3.63, 3.8) is 0 Å². The Balaban J connectivity index is 1.77. The zero-order valence-electron chi connectivity index (χ0n) is 15.2. The Labute approximate surface area is 156 Å². The number of nitrogens with one attached hydrogen (secondary N) is 1. The second kappa shape index (κ2) is 8.23. The van der Waals surface area contributed by atoms with Gasteiger partial charge in [0.2, 0.25) is 5.13 Å². The number of rotatable bonds is 7. The van der Waals surface area contributed by atoms with E-state index < -0.39 is 6.23 Å². The van der Waals surface area contributed by atoms with Gasteiger partial charge in [-0.15, -0.1) is 10.2 Å². The van der Waals surface area contributed by atoms with Gasteiger partial charge in [0.1, 0.15) is 5.01 Å². The SMILES string of the molecule is CCCc1nnc(NC(CC)OC(=O)c2cc(C)nc3ccccc23)s1. The molecule has 26 heavy (non-hydrogen) atoms. The Morgan fingerprint density at radius 3 is 2.85 bits per heavy atom. The lowest BCUT2D eigenvalue weighted by Crippen LogP contribution is -2.26. The minimum atomic E-state index is -0.461. The first-order valence-electron chi connectivity index (χ1n) is 8.77. The van der Waals surface area contributed by atoms with E-state index in [-0.39, 0.29) is 5.97 Å². The number of anilines is 1. The summed E-state index contributed by atoms with van der Waals surface area (Å²) in [4.78, 5) is 17.2. The van der Waals surface area contributed by atoms with Gasteiger partial charge in [-0.2, -0.15) is 0 Å². The molecule has 3 aromatic rings. The van der Waals surface area contributed by atoms with Crippen LogP contribution in [0.2, 0.25) is 0 Å². The highest BCUT2D eigenvalue weighted by atomic mass is 32.1. The molecule has 2 heterocycles. The fourth-order valence-corrected chi connectivity index (χ4v) is 3.53. The molecule has 0 aliphatic rings. The molecule has 1 atom stereocenters. The number of hydrogen-bond donors (Lipinski definition) is 1. The van der Waals surface area contributed by atoms with Crippen molar-refractivity contribution >= 4 is 33.3 Å². The second-order valence-electron chi connectivity index (χ2n) is 6.03. The number of hydrogen-bond acceptors (Lipinski definition) is 7. The molecule has 1 aromatic carbocycles. The van der Waals surface area contributed by atoms with Crippen LogP contribution in [0.3, 0.4) is 0 Å². The molecule has 0 saturated carbocycles. The number of aryl methyl sites for hydroxylation is 2. The van der Waals surface area contributed by atoms with E-state index in [1.54, 1.807) is 6.07 Å². The number of carbonyl (C=O) groups excluding carboxylic acids is 1. The maximum atomic E-state index is 12.8. The number of pyridine rings is 1. The van der Waals surface area contributed by atoms with Gasteiger partial charge in [-0.3, -0.25) is 4.98 Å². The molecular formula is C19H22N4O2S. The van der Waals surface area contributed by atoms with Crippen molar-refractivity contribution in [1.29, 1.82) is 0 Å². The number of carbonyl (C=O) groups is 1. The maximum Gasteiger partial charge on any atom is 0.340 e. The lowest BCUT2D eigenvalue weighted by atomic mass is 10.1. The molecule has 2 aromatic heterocycles. The van der Waals surface area contributed by atoms with Crippen LogP contribution in [0.15, 0.2) is 30.3 Å². The minimum absolute atomic E-state index is 0.371. The molecule has 0 aliphatic heterocycles. The molecule has 0 radical (unpaired) electrons. The number of esters is 1. The standard InChI is InChI=1S/C19H22N4O2S/c1-4-8-17-22-23-19(26-17)21-16(5-2)25-18(24)14-11-12(3)20-15-10-7-6-9-13(14)15/h6-7,9-11,16H,4-5,8H2,1-3H3,(H,21,23). The first-order valence-corrected chi connectivity index (χ1v) is 9.58. The number of para-hydroxylation sites is 1. The van der Waals surface area contributed by atoms with E-state index in [2.05, 4.69) is 27.4 Å². The highest BCUT2D eigenvalue weighted by Gasteiger charge is 2.19. The summed E-state index contributed by atoms with van der Waals surface area (Å²) in [5.41, 5.74) is 2.09. The molecule has 3 rings (SSSR count). The third-order valence-corrected chi connectivity index (χ3v) is 4.81. The van der Waals surface area contributed by atoms with Crippen molar-refractivity contribution in [3.8, 4) is 0 Å². The van der Waals surface area contributed by atoms with Crippen molar-refractivity contribution in [2.45, 2.75) is 46.3 Å². The summed E-state index contributed by atoms with van der Waals surface area (Å²) < 4.78 is 5.68. The average molecular weight is 370 g/mol. The summed E-state index contributed by atoms with van der Waals surface area (Å²) in [5.74, 6) is -0.371. The van der Waals surface area contributed by atoms with Gasteiger partial charge in [0.05, 0.1) is 11.1 Å². The fourth-order valence-electron chi connectivity index (χ4n) is 2.65. The third kappa shape index (κ3) is 4.16. The second-order valence-corrected chi connectivity index (χ2v) is 7.09. The zero-order chi connectivity index (χ0) is 18.5. The lowest BCUT2D eigenvalue weighted by molar-refractivity contribution is 0.0354. The van der Waals surface area contributed by atoms with Crippen molar-refractivity contribution in [2.75, 3.05) is 5.32 Å². The third-order valence-electron chi connectivity index (χ3n) is 3.90. The predicted molar refractivity (Wildman–Crippen MR) is 104 cm³/mol. The van der Waals surface area contributed by atoms with Gasteiger partial charge in [-0.05, 0) is 25.5 Å². The van der Waals surface area contributed by atoms with Gasteiger partial charge >= 0.3 is 5.97 Å². The molecule has 0 aliphatic carbocycles. The predicted octanol–water partition coefficient (Wildman–Crippen LogP) is 4.35. The van der Waals surface area contributed by atoms with Crippen LogP contribution in [-0.2, 0) is 11.2 Å². The summed E-state index contributed by atoms with van der Waals surface area (Å²) in [6.07, 6.45) is 2.08. The van der Waals surface area contributed by atoms with E-state index in [1.807, 2.05) is 38.1 Å². The van der Waals surface area contributed by atoms with Crippen LogP contribution in [0, 0.1) is 6.92 Å². The average Bonchev–Trinajstić information content (AvgIpc) is 3.07. The number of benzene rings is 1. The molecule has 6 nitrogen and oxygen atoms in total. The van der Waals surface area contributed by atoms with Gasteiger partial charge in [-0.25, -0.2) is 4.79 Å². The topological polar surface area (TPSA) is 77.0 Å². The first-order chi connectivity index (χ1) is 12.6. The Hall–Kier alpha value is -2.54. The smallest absolute Gasteiger partial charge is 0.340 e. The first kappa shape index (κ1) is 18.3. The monoisotopic (exact) mass is 370 g/mol. The highest BCUT2D eigenvalue weighted by molar-refractivity contribution is 7.15. The van der Waals surface area contributed by atoms with Crippen molar-refractivity contribution in [1.82, 2.24) is 15.2 Å². The van der Waals surface area contributed by atoms with E-state index >= 15 is 0 Å². The summed E-state index contributed by atoms with van der Waals surface area (Å²) in [6, 6.07) is 9.34. The fraction of sp³-hybridized carbons (Fsp3) is 0.368. The van der Waals surface area contributed by atoms with E-state index in [0.717, 1.165) is 34.4 Å². The van der Waals surface area contributed by atoms with E-state index in [9.17, 15) is 4.79 Å². The van der Waals surface area contributed by atoms with E-state index in [0.29, 0.717) is 17.1 Å². The van der Waals surface area contributed by atoms with Crippen molar-refractivity contribution in [3.05, 3.63) is 46.6 Å². The van der Waals surface area contributed by atoms with Gasteiger partial charge in [-0.1, -0.05) is 43.4 Å². The van der Waals surface area contributed by atoms with E-state index in [1.165, 1.54) is 11.3 Å². The van der Waals surface area contributed by atoms with Crippen LogP contribution < -0.4 is 5.32 Å². The van der Waals surface area contributed by atoms with Crippen LogP contribution in [-0.4, -0.2) is 27.4 Å². The molecule has 7 heteroatoms. The molecule has 0 fully saturated rings. The quantitative estimate of drug-likeness (QED) is 0.492. The number of nitrogens with zero attached hydrogens (tertiary/aromatic N) is 3. The number of ether oxygens (including phenoxy) is 1. The molecule has 1 N–H and O–H groups in total. The lowest BCUT2D eigenvalue weighted by Gasteiger charge is -2.17. The molecule has 136 valence electrons.